The highest BCUT2D eigenvalue weighted by atomic mass is 28.4. The summed E-state index contributed by atoms with van der Waals surface area (Å²) in [6, 6.07) is 26.4. The van der Waals surface area contributed by atoms with Gasteiger partial charge in [0.25, 0.3) is 0 Å². The third-order valence-electron chi connectivity index (χ3n) is 8.01. The van der Waals surface area contributed by atoms with E-state index in [9.17, 15) is 0 Å². The first-order chi connectivity index (χ1) is 20.9. The van der Waals surface area contributed by atoms with E-state index in [-0.39, 0.29) is 0 Å². The van der Waals surface area contributed by atoms with Gasteiger partial charge in [-0.05, 0) is 117 Å². The van der Waals surface area contributed by atoms with Crippen LogP contribution in [0.3, 0.4) is 0 Å². The largest absolute Gasteiger partial charge is 0.497 e. The monoisotopic (exact) mass is 614 g/mol. The minimum atomic E-state index is -2.29. The molecule has 0 atom stereocenters. The molecule has 0 N–H and O–H groups in total. The molecule has 0 spiro atoms. The summed E-state index contributed by atoms with van der Waals surface area (Å²) in [4.78, 5) is 0. The predicted molar refractivity (Wildman–Crippen MR) is 183 cm³/mol. The zero-order valence-electron chi connectivity index (χ0n) is 27.0. The molecule has 0 amide bonds. The first-order valence-corrected chi connectivity index (χ1v) is 18.5. The number of rotatable bonds is 14. The molecule has 0 radical (unpaired) electrons. The number of methoxy groups -OCH3 is 4. The van der Waals surface area contributed by atoms with E-state index in [1.807, 2.05) is 0 Å². The zero-order chi connectivity index (χ0) is 30.9. The van der Waals surface area contributed by atoms with E-state index in [0.29, 0.717) is 0 Å². The van der Waals surface area contributed by atoms with Gasteiger partial charge in [-0.1, -0.05) is 52.0 Å². The van der Waals surface area contributed by atoms with Crippen LogP contribution in [-0.2, 0) is 29.8 Å². The van der Waals surface area contributed by atoms with E-state index < -0.39 is 18.1 Å². The highest BCUT2D eigenvalue weighted by Crippen LogP contribution is 2.19. The first kappa shape index (κ1) is 32.4. The van der Waals surface area contributed by atoms with Crippen LogP contribution in [0.25, 0.3) is 0 Å². The second kappa shape index (κ2) is 15.3. The van der Waals surface area contributed by atoms with Crippen LogP contribution in [0.5, 0.6) is 23.0 Å². The maximum absolute atomic E-state index is 7.65. The second-order valence-electron chi connectivity index (χ2n) is 10.8. The molecule has 4 rings (SSSR count). The molecule has 0 aliphatic rings. The molecule has 0 aliphatic carbocycles. The average Bonchev–Trinajstić information content (AvgIpc) is 3.07. The Kier molecular flexibility index (Phi) is 11.5. The maximum Gasteiger partial charge on any atom is 0.229 e. The highest BCUT2D eigenvalue weighted by molar-refractivity contribution is 6.92. The van der Waals surface area contributed by atoms with E-state index >= 15 is 0 Å². The summed E-state index contributed by atoms with van der Waals surface area (Å²) in [5.74, 6) is 3.43. The topological polar surface area (TPSA) is 46.2 Å². The van der Waals surface area contributed by atoms with Gasteiger partial charge in [0.15, 0.2) is 0 Å². The molecule has 0 unspecified atom stereocenters. The van der Waals surface area contributed by atoms with E-state index in [1.54, 1.807) is 28.4 Å². The highest BCUT2D eigenvalue weighted by Gasteiger charge is 2.29. The molecule has 7 heteroatoms. The fraction of sp³-hybridized carbons (Fsp3) is 0.333. The van der Waals surface area contributed by atoms with Crippen LogP contribution in [0, 0.1) is 0 Å². The van der Waals surface area contributed by atoms with Crippen molar-refractivity contribution in [1.29, 1.82) is 0 Å². The van der Waals surface area contributed by atoms with Crippen LogP contribution < -0.4 is 39.7 Å². The predicted octanol–water partition coefficient (Wildman–Crippen LogP) is 4.36. The molecule has 0 saturated heterocycles. The van der Waals surface area contributed by atoms with Gasteiger partial charge >= 0.3 is 0 Å². The summed E-state index contributed by atoms with van der Waals surface area (Å²) in [7, 11) is 2.35. The Labute approximate surface area is 261 Å². The summed E-state index contributed by atoms with van der Waals surface area (Å²) in [6.45, 7) is 8.72. The Bertz CT molecular complexity index is 1210. The lowest BCUT2D eigenvalue weighted by atomic mass is 10.1. The molecule has 4 aromatic rings. The zero-order valence-corrected chi connectivity index (χ0v) is 29.3. The second-order valence-corrected chi connectivity index (χ2v) is 16.0. The van der Waals surface area contributed by atoms with Gasteiger partial charge in [-0.2, -0.15) is 0 Å². The smallest absolute Gasteiger partial charge is 0.229 e. The van der Waals surface area contributed by atoms with E-state index in [0.717, 1.165) is 48.7 Å². The van der Waals surface area contributed by atoms with Crippen LogP contribution in [0.1, 0.15) is 49.9 Å². The van der Waals surface area contributed by atoms with Gasteiger partial charge in [-0.3, -0.25) is 0 Å². The number of hydrogen-bond acceptors (Lipinski definition) is 5. The fourth-order valence-corrected chi connectivity index (χ4v) is 12.6. The lowest BCUT2D eigenvalue weighted by Gasteiger charge is -2.27. The molecule has 43 heavy (non-hydrogen) atoms. The average molecular weight is 615 g/mol. The standard InChI is InChI=1S/C36H46O5Si2/c1-9-25-13-29(37-5)21-33(17-25)42(34-18-26(10-2)14-30(22-34)38-6)41-43(35-19-27(11-3)15-31(23-35)39-7)36-20-28(12-4)16-32(24-36)40-8/h13-24,42-43H,9-12H2,1-8H3. The third-order valence-corrected chi connectivity index (χ3v) is 13.9. The first-order valence-electron chi connectivity index (χ1n) is 15.2. The van der Waals surface area contributed by atoms with Crippen LogP contribution in [0.4, 0.5) is 0 Å². The van der Waals surface area contributed by atoms with Crippen molar-refractivity contribution in [1.82, 2.24) is 0 Å². The summed E-state index contributed by atoms with van der Waals surface area (Å²) >= 11 is 0. The Hall–Kier alpha value is -3.53. The van der Waals surface area contributed by atoms with E-state index in [1.165, 1.54) is 43.0 Å². The molecule has 0 aromatic heterocycles. The van der Waals surface area contributed by atoms with Crippen molar-refractivity contribution in [2.24, 2.45) is 0 Å². The van der Waals surface area contributed by atoms with E-state index in [2.05, 4.69) is 100 Å². The van der Waals surface area contributed by atoms with Crippen molar-refractivity contribution in [2.45, 2.75) is 53.4 Å². The van der Waals surface area contributed by atoms with Crippen LogP contribution >= 0.6 is 0 Å². The molecule has 0 fully saturated rings. The van der Waals surface area contributed by atoms with Crippen molar-refractivity contribution in [3.63, 3.8) is 0 Å². The van der Waals surface area contributed by atoms with Crippen LogP contribution in [0.2, 0.25) is 0 Å². The van der Waals surface area contributed by atoms with Crippen LogP contribution in [-0.4, -0.2) is 46.5 Å². The minimum absolute atomic E-state index is 0.858. The van der Waals surface area contributed by atoms with Gasteiger partial charge in [0.05, 0.1) is 28.4 Å². The summed E-state index contributed by atoms with van der Waals surface area (Å²) in [5.41, 5.74) is 4.93. The third kappa shape index (κ3) is 7.90. The number of ether oxygens (including phenoxy) is 4. The molecular formula is C36H46O5Si2. The van der Waals surface area contributed by atoms with Gasteiger partial charge in [0.2, 0.25) is 18.1 Å². The van der Waals surface area contributed by atoms with Gasteiger partial charge in [-0.25, -0.2) is 0 Å². The number of aryl methyl sites for hydroxylation is 4. The normalized spacial score (nSPS) is 11.2. The molecule has 4 aromatic carbocycles. The van der Waals surface area contributed by atoms with Crippen molar-refractivity contribution >= 4 is 38.8 Å². The molecule has 0 heterocycles. The minimum Gasteiger partial charge on any atom is -0.497 e. The lowest BCUT2D eigenvalue weighted by Crippen LogP contribution is -2.56. The fourth-order valence-electron chi connectivity index (χ4n) is 5.47. The Balaban J connectivity index is 2.00. The molecular weight excluding hydrogens is 569 g/mol. The van der Waals surface area contributed by atoms with Gasteiger partial charge in [0, 0.05) is 0 Å². The van der Waals surface area contributed by atoms with Crippen molar-refractivity contribution in [3.05, 3.63) is 95.1 Å². The van der Waals surface area contributed by atoms with Crippen LogP contribution in [0.15, 0.2) is 72.8 Å². The van der Waals surface area contributed by atoms with Crippen molar-refractivity contribution < 1.29 is 23.1 Å². The van der Waals surface area contributed by atoms with Crippen molar-refractivity contribution in [3.8, 4) is 23.0 Å². The van der Waals surface area contributed by atoms with Gasteiger partial charge in [0.1, 0.15) is 23.0 Å². The van der Waals surface area contributed by atoms with Gasteiger partial charge < -0.3 is 23.1 Å². The summed E-state index contributed by atoms with van der Waals surface area (Å²) in [6.07, 6.45) is 3.65. The quantitative estimate of drug-likeness (QED) is 0.198. The molecule has 0 bridgehead atoms. The summed E-state index contributed by atoms with van der Waals surface area (Å²) in [5, 5.41) is 4.78. The Morgan fingerprint density at radius 2 is 0.605 bits per heavy atom. The maximum atomic E-state index is 7.65. The SMILES string of the molecule is CCc1cc(OC)cc([SiH](O[SiH](c2cc(CC)cc(OC)c2)c2cc(CC)cc(OC)c2)c2cc(CC)cc(OC)c2)c1. The number of benzene rings is 4. The molecule has 228 valence electrons. The van der Waals surface area contributed by atoms with Gasteiger partial charge in [-0.15, -0.1) is 0 Å². The Morgan fingerprint density at radius 1 is 0.372 bits per heavy atom. The number of hydrogen-bond donors (Lipinski definition) is 0. The molecule has 5 nitrogen and oxygen atoms in total. The molecule has 0 saturated carbocycles. The van der Waals surface area contributed by atoms with Crippen molar-refractivity contribution in [2.75, 3.05) is 28.4 Å². The lowest BCUT2D eigenvalue weighted by molar-refractivity contribution is 0.414. The van der Waals surface area contributed by atoms with E-state index in [4.69, 9.17) is 23.1 Å². The Morgan fingerprint density at radius 3 is 0.791 bits per heavy atom. The summed E-state index contributed by atoms with van der Waals surface area (Å²) < 4.78 is 30.8. The molecule has 0 aliphatic heterocycles.